The van der Waals surface area contributed by atoms with Crippen molar-refractivity contribution in [3.8, 4) is 0 Å². The molecule has 1 heterocycles. The van der Waals surface area contributed by atoms with E-state index in [-0.39, 0.29) is 17.5 Å². The quantitative estimate of drug-likeness (QED) is 0.484. The second-order valence-corrected chi connectivity index (χ2v) is 4.52. The van der Waals surface area contributed by atoms with Crippen molar-refractivity contribution in [3.63, 3.8) is 0 Å². The van der Waals surface area contributed by atoms with Crippen LogP contribution in [0.3, 0.4) is 0 Å². The summed E-state index contributed by atoms with van der Waals surface area (Å²) in [7, 11) is 0. The van der Waals surface area contributed by atoms with Gasteiger partial charge in [-0.15, -0.1) is 0 Å². The van der Waals surface area contributed by atoms with Gasteiger partial charge in [0.1, 0.15) is 5.60 Å². The van der Waals surface area contributed by atoms with Crippen LogP contribution in [-0.2, 0) is 9.53 Å². The Kier molecular flexibility index (Phi) is 2.79. The normalized spacial score (nSPS) is 27.2. The van der Waals surface area contributed by atoms with Gasteiger partial charge in [0.2, 0.25) is 0 Å². The Morgan fingerprint density at radius 1 is 1.54 bits per heavy atom. The lowest BCUT2D eigenvalue weighted by Crippen LogP contribution is -2.26. The van der Waals surface area contributed by atoms with Crippen molar-refractivity contribution in [3.05, 3.63) is 12.2 Å². The van der Waals surface area contributed by atoms with E-state index >= 15 is 0 Å². The molecular formula is C11H18O2. The number of esters is 1. The van der Waals surface area contributed by atoms with Crippen LogP contribution in [0.5, 0.6) is 0 Å². The first kappa shape index (κ1) is 10.3. The van der Waals surface area contributed by atoms with Crippen LogP contribution < -0.4 is 0 Å². The molecule has 1 unspecified atom stereocenters. The van der Waals surface area contributed by atoms with Crippen molar-refractivity contribution in [2.24, 2.45) is 11.8 Å². The molecule has 0 aliphatic carbocycles. The molecule has 1 rings (SSSR count). The average Bonchev–Trinajstić information content (AvgIpc) is 2.19. The fraction of sp³-hybridized carbons (Fsp3) is 0.727. The topological polar surface area (TPSA) is 26.3 Å². The van der Waals surface area contributed by atoms with E-state index in [1.807, 2.05) is 13.8 Å². The van der Waals surface area contributed by atoms with Crippen LogP contribution in [-0.4, -0.2) is 11.6 Å². The predicted molar refractivity (Wildman–Crippen MR) is 52.3 cm³/mol. The zero-order valence-corrected chi connectivity index (χ0v) is 8.83. The van der Waals surface area contributed by atoms with Crippen LogP contribution in [0.25, 0.3) is 0 Å². The molecule has 0 saturated carbocycles. The molecule has 1 atom stereocenters. The van der Waals surface area contributed by atoms with Gasteiger partial charge >= 0.3 is 5.97 Å². The summed E-state index contributed by atoms with van der Waals surface area (Å²) < 4.78 is 5.20. The van der Waals surface area contributed by atoms with Gasteiger partial charge in [0, 0.05) is 5.92 Å². The molecule has 1 fully saturated rings. The van der Waals surface area contributed by atoms with Gasteiger partial charge in [0.25, 0.3) is 0 Å². The SMILES string of the molecule is CC(C)/C=C/C1CC(=O)OC1(C)C. The first-order valence-corrected chi connectivity index (χ1v) is 4.82. The van der Waals surface area contributed by atoms with Gasteiger partial charge in [0.05, 0.1) is 6.42 Å². The molecule has 0 aromatic carbocycles. The molecule has 0 aromatic heterocycles. The lowest BCUT2D eigenvalue weighted by Gasteiger charge is -2.22. The van der Waals surface area contributed by atoms with E-state index in [9.17, 15) is 4.79 Å². The Hall–Kier alpha value is -0.790. The summed E-state index contributed by atoms with van der Waals surface area (Å²) in [4.78, 5) is 11.1. The van der Waals surface area contributed by atoms with Crippen molar-refractivity contribution in [2.75, 3.05) is 0 Å². The van der Waals surface area contributed by atoms with Crippen molar-refractivity contribution < 1.29 is 9.53 Å². The van der Waals surface area contributed by atoms with E-state index in [0.717, 1.165) is 0 Å². The molecule has 0 bridgehead atoms. The summed E-state index contributed by atoms with van der Waals surface area (Å²) in [5.74, 6) is 0.692. The highest BCUT2D eigenvalue weighted by molar-refractivity contribution is 5.73. The summed E-state index contributed by atoms with van der Waals surface area (Å²) in [6, 6.07) is 0. The average molecular weight is 182 g/mol. The van der Waals surface area contributed by atoms with Crippen LogP contribution in [0, 0.1) is 11.8 Å². The fourth-order valence-corrected chi connectivity index (χ4v) is 1.49. The van der Waals surface area contributed by atoms with E-state index in [1.165, 1.54) is 0 Å². The zero-order chi connectivity index (χ0) is 10.1. The first-order valence-electron chi connectivity index (χ1n) is 4.82. The molecule has 0 amide bonds. The molecule has 2 nitrogen and oxygen atoms in total. The molecule has 13 heavy (non-hydrogen) atoms. The Labute approximate surface area is 80.0 Å². The third-order valence-corrected chi connectivity index (χ3v) is 2.38. The summed E-state index contributed by atoms with van der Waals surface area (Å²) >= 11 is 0. The maximum absolute atomic E-state index is 11.1. The standard InChI is InChI=1S/C11H18O2/c1-8(2)5-6-9-7-10(12)13-11(9,3)4/h5-6,8-9H,7H2,1-4H3/b6-5+. The number of rotatable bonds is 2. The molecule has 0 radical (unpaired) electrons. The third-order valence-electron chi connectivity index (χ3n) is 2.38. The van der Waals surface area contributed by atoms with Gasteiger partial charge in [-0.3, -0.25) is 4.79 Å². The Morgan fingerprint density at radius 3 is 2.54 bits per heavy atom. The summed E-state index contributed by atoms with van der Waals surface area (Å²) in [5.41, 5.74) is -0.317. The smallest absolute Gasteiger partial charge is 0.307 e. The van der Waals surface area contributed by atoms with E-state index in [1.54, 1.807) is 0 Å². The lowest BCUT2D eigenvalue weighted by atomic mass is 9.90. The second-order valence-electron chi connectivity index (χ2n) is 4.52. The van der Waals surface area contributed by atoms with Gasteiger partial charge in [0.15, 0.2) is 0 Å². The Morgan fingerprint density at radius 2 is 2.15 bits per heavy atom. The maximum Gasteiger partial charge on any atom is 0.307 e. The number of hydrogen-bond donors (Lipinski definition) is 0. The van der Waals surface area contributed by atoms with Gasteiger partial charge < -0.3 is 4.74 Å². The summed E-state index contributed by atoms with van der Waals surface area (Å²) in [5, 5.41) is 0. The van der Waals surface area contributed by atoms with Gasteiger partial charge in [-0.1, -0.05) is 26.0 Å². The first-order chi connectivity index (χ1) is 5.92. The van der Waals surface area contributed by atoms with Gasteiger partial charge in [-0.05, 0) is 19.8 Å². The maximum atomic E-state index is 11.1. The van der Waals surface area contributed by atoms with E-state index in [0.29, 0.717) is 12.3 Å². The zero-order valence-electron chi connectivity index (χ0n) is 8.83. The highest BCUT2D eigenvalue weighted by Gasteiger charge is 2.39. The van der Waals surface area contributed by atoms with Gasteiger partial charge in [-0.2, -0.15) is 0 Å². The van der Waals surface area contributed by atoms with Crippen molar-refractivity contribution >= 4 is 5.97 Å². The highest BCUT2D eigenvalue weighted by Crippen LogP contribution is 2.33. The summed E-state index contributed by atoms with van der Waals surface area (Å²) in [6.07, 6.45) is 4.76. The molecule has 1 aliphatic rings. The van der Waals surface area contributed by atoms with Crippen LogP contribution in [0.4, 0.5) is 0 Å². The number of carbonyl (C=O) groups excluding carboxylic acids is 1. The van der Waals surface area contributed by atoms with Crippen molar-refractivity contribution in [2.45, 2.75) is 39.7 Å². The minimum atomic E-state index is -0.317. The number of cyclic esters (lactones) is 1. The molecular weight excluding hydrogens is 164 g/mol. The lowest BCUT2D eigenvalue weighted by molar-refractivity contribution is -0.146. The fourth-order valence-electron chi connectivity index (χ4n) is 1.49. The molecule has 0 N–H and O–H groups in total. The molecule has 74 valence electrons. The minimum Gasteiger partial charge on any atom is -0.459 e. The molecule has 1 saturated heterocycles. The number of allylic oxidation sites excluding steroid dienone is 1. The van der Waals surface area contributed by atoms with Crippen LogP contribution in [0.2, 0.25) is 0 Å². The monoisotopic (exact) mass is 182 g/mol. The largest absolute Gasteiger partial charge is 0.459 e. The number of hydrogen-bond acceptors (Lipinski definition) is 2. The van der Waals surface area contributed by atoms with E-state index < -0.39 is 0 Å². The van der Waals surface area contributed by atoms with Crippen molar-refractivity contribution in [1.29, 1.82) is 0 Å². The van der Waals surface area contributed by atoms with Crippen molar-refractivity contribution in [1.82, 2.24) is 0 Å². The molecule has 1 aliphatic heterocycles. The van der Waals surface area contributed by atoms with E-state index in [2.05, 4.69) is 26.0 Å². The van der Waals surface area contributed by atoms with Crippen LogP contribution >= 0.6 is 0 Å². The van der Waals surface area contributed by atoms with Crippen LogP contribution in [0.1, 0.15) is 34.1 Å². The van der Waals surface area contributed by atoms with E-state index in [4.69, 9.17) is 4.74 Å². The molecule has 0 aromatic rings. The molecule has 2 heteroatoms. The molecule has 0 spiro atoms. The highest BCUT2D eigenvalue weighted by atomic mass is 16.6. The number of ether oxygens (including phenoxy) is 1. The minimum absolute atomic E-state index is 0.0802. The van der Waals surface area contributed by atoms with Gasteiger partial charge in [-0.25, -0.2) is 0 Å². The predicted octanol–water partition coefficient (Wildman–Crippen LogP) is 2.54. The number of carbonyl (C=O) groups is 1. The third kappa shape index (κ3) is 2.58. The Balaban J connectivity index is 2.65. The summed E-state index contributed by atoms with van der Waals surface area (Å²) in [6.45, 7) is 8.18. The Bertz CT molecular complexity index is 226. The van der Waals surface area contributed by atoms with Crippen LogP contribution in [0.15, 0.2) is 12.2 Å². The second kappa shape index (κ2) is 3.52.